The van der Waals surface area contributed by atoms with Gasteiger partial charge in [-0.25, -0.2) is 0 Å². The van der Waals surface area contributed by atoms with E-state index in [1.165, 1.54) is 62.0 Å². The van der Waals surface area contributed by atoms with Crippen LogP contribution in [0.3, 0.4) is 0 Å². The molecule has 18 heavy (non-hydrogen) atoms. The average molecular weight is 331 g/mol. The highest BCUT2D eigenvalue weighted by atomic mass is 79.9. The Labute approximate surface area is 128 Å². The van der Waals surface area contributed by atoms with Crippen LogP contribution in [0.1, 0.15) is 51.0 Å². The van der Waals surface area contributed by atoms with Crippen molar-refractivity contribution in [3.05, 3.63) is 35.9 Å². The summed E-state index contributed by atoms with van der Waals surface area (Å²) in [5.74, 6) is 2.73. The van der Waals surface area contributed by atoms with Crippen LogP contribution < -0.4 is 17.0 Å². The van der Waals surface area contributed by atoms with Crippen LogP contribution in [0, 0.1) is 0 Å². The Balaban J connectivity index is 0.00000289. The number of halogens is 1. The Morgan fingerprint density at radius 3 is 2.22 bits per heavy atom. The summed E-state index contributed by atoms with van der Waals surface area (Å²) in [6, 6.07) is 10.8. The minimum atomic E-state index is 0. The summed E-state index contributed by atoms with van der Waals surface area (Å²) < 4.78 is 0. The molecule has 1 rings (SSSR count). The predicted octanol–water partition coefficient (Wildman–Crippen LogP) is 1.41. The first-order chi connectivity index (χ1) is 8.43. The van der Waals surface area contributed by atoms with Crippen LogP contribution >= 0.6 is 0 Å². The van der Waals surface area contributed by atoms with Crippen LogP contribution in [0.5, 0.6) is 0 Å². The summed E-state index contributed by atoms with van der Waals surface area (Å²) in [6.07, 6.45) is 9.79. The molecule has 0 amide bonds. The molecule has 0 unspecified atom stereocenters. The number of aryl methyl sites for hydroxylation is 1. The molecule has 0 aromatic heterocycles. The van der Waals surface area contributed by atoms with Gasteiger partial charge in [-0.15, -0.1) is 0 Å². The molecule has 0 heterocycles. The van der Waals surface area contributed by atoms with Gasteiger partial charge in [0.2, 0.25) is 0 Å². The van der Waals surface area contributed by atoms with Gasteiger partial charge in [-0.3, -0.25) is 0 Å². The third kappa shape index (κ3) is 10.0. The maximum absolute atomic E-state index is 2.28. The maximum atomic E-state index is 2.28. The Hall–Kier alpha value is 0.0500. The van der Waals surface area contributed by atoms with Gasteiger partial charge in [-0.2, -0.15) is 0 Å². The van der Waals surface area contributed by atoms with Crippen LogP contribution in [-0.4, -0.2) is 11.5 Å². The first-order valence-corrected chi connectivity index (χ1v) is 8.37. The molecule has 0 fully saturated rings. The van der Waals surface area contributed by atoms with Crippen LogP contribution in [0.15, 0.2) is 30.3 Å². The minimum Gasteiger partial charge on any atom is -1.00 e. The van der Waals surface area contributed by atoms with E-state index in [9.17, 15) is 0 Å². The smallest absolute Gasteiger partial charge is 0.109 e. The second-order valence-electron chi connectivity index (χ2n) is 4.67. The van der Waals surface area contributed by atoms with Gasteiger partial charge in [-0.1, -0.05) is 62.9 Å². The molecule has 0 atom stereocenters. The van der Waals surface area contributed by atoms with Gasteiger partial charge in [-0.05, 0) is 30.2 Å². The topological polar surface area (TPSA) is 0 Å². The van der Waals surface area contributed by atoms with Crippen molar-refractivity contribution < 1.29 is 17.0 Å². The molecule has 0 aliphatic heterocycles. The van der Waals surface area contributed by atoms with E-state index < -0.39 is 0 Å². The summed E-state index contributed by atoms with van der Waals surface area (Å²) >= 11 is 1.64. The van der Waals surface area contributed by atoms with Crippen LogP contribution in [0.4, 0.5) is 0 Å². The Morgan fingerprint density at radius 2 is 1.50 bits per heavy atom. The first kappa shape index (κ1) is 18.0. The fourth-order valence-electron chi connectivity index (χ4n) is 1.97. The molecule has 0 saturated heterocycles. The number of unbranched alkanes of at least 4 members (excludes halogenated alkanes) is 5. The summed E-state index contributed by atoms with van der Waals surface area (Å²) in [5.41, 5.74) is 1.49. The molecule has 0 nitrogen and oxygen atoms in total. The zero-order valence-corrected chi connectivity index (χ0v) is 14.1. The van der Waals surface area contributed by atoms with Gasteiger partial charge in [0.1, 0.15) is 11.5 Å². The lowest BCUT2D eigenvalue weighted by atomic mass is 10.1. The van der Waals surface area contributed by atoms with E-state index in [2.05, 4.69) is 37.3 Å². The van der Waals surface area contributed by atoms with E-state index >= 15 is 0 Å². The number of benzene rings is 1. The summed E-state index contributed by atoms with van der Waals surface area (Å²) in [5, 5.41) is 0. The zero-order chi connectivity index (χ0) is 12.2. The highest BCUT2D eigenvalue weighted by molar-refractivity contribution is 7.78. The van der Waals surface area contributed by atoms with E-state index in [-0.39, 0.29) is 17.0 Å². The lowest BCUT2D eigenvalue weighted by Crippen LogP contribution is -3.00. The second-order valence-corrected chi connectivity index (χ2v) is 6.02. The van der Waals surface area contributed by atoms with Crippen molar-refractivity contribution in [2.24, 2.45) is 0 Å². The molecule has 0 saturated carbocycles. The van der Waals surface area contributed by atoms with Gasteiger partial charge in [0, 0.05) is 6.42 Å². The molecule has 0 spiro atoms. The van der Waals surface area contributed by atoms with Crippen LogP contribution in [-0.2, 0) is 18.2 Å². The van der Waals surface area contributed by atoms with E-state index in [4.69, 9.17) is 0 Å². The summed E-state index contributed by atoms with van der Waals surface area (Å²) in [4.78, 5) is 0. The molecule has 0 aliphatic rings. The van der Waals surface area contributed by atoms with Gasteiger partial charge < -0.3 is 17.0 Å². The van der Waals surface area contributed by atoms with Crippen molar-refractivity contribution in [3.63, 3.8) is 0 Å². The molecule has 0 bridgehead atoms. The molecule has 104 valence electrons. The Kier molecular flexibility index (Phi) is 13.5. The van der Waals surface area contributed by atoms with Crippen molar-refractivity contribution in [1.82, 2.24) is 0 Å². The van der Waals surface area contributed by atoms with Crippen molar-refractivity contribution in [3.8, 4) is 0 Å². The van der Waals surface area contributed by atoms with Crippen LogP contribution in [0.25, 0.3) is 0 Å². The minimum absolute atomic E-state index is 0. The first-order valence-electron chi connectivity index (χ1n) is 7.10. The SMILES string of the molecule is CCCCCCCC[SH+]CCc1ccccc1.[Br-]. The Morgan fingerprint density at radius 1 is 0.833 bits per heavy atom. The van der Waals surface area contributed by atoms with Gasteiger partial charge >= 0.3 is 0 Å². The Bertz CT molecular complexity index is 261. The summed E-state index contributed by atoms with van der Waals surface area (Å²) in [6.45, 7) is 2.28. The van der Waals surface area contributed by atoms with Crippen molar-refractivity contribution >= 4 is 11.8 Å². The third-order valence-electron chi connectivity index (χ3n) is 3.07. The second kappa shape index (κ2) is 13.5. The number of hydrogen-bond donors (Lipinski definition) is 0. The fourth-order valence-corrected chi connectivity index (χ4v) is 3.06. The van der Waals surface area contributed by atoms with Gasteiger partial charge in [0.05, 0.1) is 0 Å². The molecule has 0 N–H and O–H groups in total. The highest BCUT2D eigenvalue weighted by Gasteiger charge is 1.99. The highest BCUT2D eigenvalue weighted by Crippen LogP contribution is 2.05. The van der Waals surface area contributed by atoms with Crippen molar-refractivity contribution in [2.45, 2.75) is 51.9 Å². The van der Waals surface area contributed by atoms with Gasteiger partial charge in [0.25, 0.3) is 0 Å². The standard InChI is InChI=1S/C16H26S.BrH/c1-2-3-4-5-6-10-14-17-15-13-16-11-8-7-9-12-16;/h7-9,11-12H,2-6,10,13-15H2,1H3;1H. The maximum Gasteiger partial charge on any atom is 0.109 e. The number of rotatable bonds is 10. The molecule has 1 aromatic rings. The molecular weight excluding hydrogens is 304 g/mol. The number of thiol groups is 1. The largest absolute Gasteiger partial charge is 1.00 e. The molecular formula is C16H27BrS. The molecule has 2 heteroatoms. The van der Waals surface area contributed by atoms with E-state index in [1.54, 1.807) is 11.8 Å². The monoisotopic (exact) mass is 330 g/mol. The average Bonchev–Trinajstić information content (AvgIpc) is 2.38. The van der Waals surface area contributed by atoms with Crippen molar-refractivity contribution in [1.29, 1.82) is 0 Å². The van der Waals surface area contributed by atoms with Crippen LogP contribution in [0.2, 0.25) is 0 Å². The predicted molar refractivity (Wildman–Crippen MR) is 82.0 cm³/mol. The molecule has 1 aromatic carbocycles. The number of hydrogen-bond acceptors (Lipinski definition) is 0. The lowest BCUT2D eigenvalue weighted by molar-refractivity contribution is -0.00000359. The third-order valence-corrected chi connectivity index (χ3v) is 4.24. The normalized spacial score (nSPS) is 10.1. The van der Waals surface area contributed by atoms with Gasteiger partial charge in [0.15, 0.2) is 0 Å². The molecule has 0 aliphatic carbocycles. The van der Waals surface area contributed by atoms with E-state index in [1.807, 2.05) is 0 Å². The van der Waals surface area contributed by atoms with Crippen molar-refractivity contribution in [2.75, 3.05) is 11.5 Å². The van der Waals surface area contributed by atoms with E-state index in [0.717, 1.165) is 0 Å². The fraction of sp³-hybridized carbons (Fsp3) is 0.625. The zero-order valence-electron chi connectivity index (χ0n) is 11.6. The summed E-state index contributed by atoms with van der Waals surface area (Å²) in [7, 11) is 0. The van der Waals surface area contributed by atoms with E-state index in [0.29, 0.717) is 0 Å². The lowest BCUT2D eigenvalue weighted by Gasteiger charge is -1.98. The molecule has 0 radical (unpaired) electrons. The quantitative estimate of drug-likeness (QED) is 0.345.